The van der Waals surface area contributed by atoms with Gasteiger partial charge in [-0.1, -0.05) is 20.3 Å². The van der Waals surface area contributed by atoms with Gasteiger partial charge in [-0.15, -0.1) is 0 Å². The van der Waals surface area contributed by atoms with E-state index in [-0.39, 0.29) is 12.7 Å². The van der Waals surface area contributed by atoms with Gasteiger partial charge in [-0.2, -0.15) is 0 Å². The summed E-state index contributed by atoms with van der Waals surface area (Å²) in [6.45, 7) is 4.05. The van der Waals surface area contributed by atoms with Crippen LogP contribution in [-0.4, -0.2) is 52.6 Å². The molecule has 0 aromatic rings. The lowest BCUT2D eigenvalue weighted by Crippen LogP contribution is -2.54. The van der Waals surface area contributed by atoms with Gasteiger partial charge in [-0.25, -0.2) is 0 Å². The highest BCUT2D eigenvalue weighted by Crippen LogP contribution is 2.20. The first kappa shape index (κ1) is 13.9. The highest BCUT2D eigenvalue weighted by Gasteiger charge is 2.38. The van der Waals surface area contributed by atoms with Crippen molar-refractivity contribution in [1.29, 1.82) is 0 Å². The van der Waals surface area contributed by atoms with Crippen LogP contribution >= 0.6 is 0 Å². The van der Waals surface area contributed by atoms with Gasteiger partial charge in [-0.3, -0.25) is 0 Å². The number of hydrogen-bond donors (Lipinski definition) is 3. The van der Waals surface area contributed by atoms with Crippen LogP contribution < -0.4 is 0 Å². The zero-order valence-corrected chi connectivity index (χ0v) is 9.87. The van der Waals surface area contributed by atoms with Gasteiger partial charge in [0.2, 0.25) is 0 Å². The number of ether oxygens (including phenoxy) is 2. The van der Waals surface area contributed by atoms with Crippen molar-refractivity contribution < 1.29 is 24.8 Å². The number of aliphatic hydroxyl groups is 3. The van der Waals surface area contributed by atoms with Crippen LogP contribution in [0.25, 0.3) is 0 Å². The maximum atomic E-state index is 9.66. The van der Waals surface area contributed by atoms with E-state index in [4.69, 9.17) is 9.47 Å². The fourth-order valence-electron chi connectivity index (χ4n) is 1.78. The minimum atomic E-state index is -1.20. The Labute approximate surface area is 96.0 Å². The van der Waals surface area contributed by atoms with Gasteiger partial charge in [0.25, 0.3) is 0 Å². The van der Waals surface area contributed by atoms with Crippen LogP contribution in [-0.2, 0) is 9.47 Å². The molecule has 0 aliphatic carbocycles. The van der Waals surface area contributed by atoms with Gasteiger partial charge in [0, 0.05) is 0 Å². The Bertz CT molecular complexity index is 199. The normalized spacial score (nSPS) is 37.3. The molecular weight excluding hydrogens is 212 g/mol. The van der Waals surface area contributed by atoms with Crippen LogP contribution in [0.4, 0.5) is 0 Å². The highest BCUT2D eigenvalue weighted by atomic mass is 16.7. The maximum Gasteiger partial charge on any atom is 0.186 e. The predicted molar refractivity (Wildman–Crippen MR) is 57.8 cm³/mol. The molecular formula is C11H22O5. The van der Waals surface area contributed by atoms with Crippen LogP contribution in [0.5, 0.6) is 0 Å². The molecule has 0 aromatic heterocycles. The van der Waals surface area contributed by atoms with Crippen LogP contribution in [0.2, 0.25) is 0 Å². The lowest BCUT2D eigenvalue weighted by Gasteiger charge is -2.36. The van der Waals surface area contributed by atoms with E-state index in [9.17, 15) is 15.3 Å². The van der Waals surface area contributed by atoms with E-state index in [1.807, 2.05) is 6.92 Å². The quantitative estimate of drug-likeness (QED) is 0.625. The van der Waals surface area contributed by atoms with Gasteiger partial charge in [0.15, 0.2) is 6.29 Å². The summed E-state index contributed by atoms with van der Waals surface area (Å²) in [6, 6.07) is 0. The zero-order valence-electron chi connectivity index (χ0n) is 9.87. The van der Waals surface area contributed by atoms with Gasteiger partial charge >= 0.3 is 0 Å². The first-order chi connectivity index (χ1) is 7.60. The molecule has 0 spiro atoms. The molecule has 1 heterocycles. The predicted octanol–water partition coefficient (Wildman–Crippen LogP) is 0.0207. The van der Waals surface area contributed by atoms with Crippen LogP contribution in [0, 0.1) is 0 Å². The second-order valence-electron chi connectivity index (χ2n) is 4.21. The Morgan fingerprint density at radius 2 is 1.94 bits per heavy atom. The Morgan fingerprint density at radius 3 is 2.50 bits per heavy atom. The van der Waals surface area contributed by atoms with Crippen molar-refractivity contribution in [2.45, 2.75) is 63.8 Å². The van der Waals surface area contributed by atoms with Crippen LogP contribution in [0.3, 0.4) is 0 Å². The van der Waals surface area contributed by atoms with E-state index in [0.29, 0.717) is 0 Å². The van der Waals surface area contributed by atoms with Gasteiger partial charge in [0.1, 0.15) is 18.3 Å². The van der Waals surface area contributed by atoms with E-state index in [1.54, 1.807) is 0 Å². The molecule has 3 N–H and O–H groups in total. The molecule has 0 radical (unpaired) electrons. The van der Waals surface area contributed by atoms with E-state index in [1.165, 1.54) is 0 Å². The van der Waals surface area contributed by atoms with Gasteiger partial charge in [-0.05, 0) is 12.8 Å². The van der Waals surface area contributed by atoms with Crippen molar-refractivity contribution >= 4 is 0 Å². The second kappa shape index (κ2) is 6.51. The summed E-state index contributed by atoms with van der Waals surface area (Å²) in [6.07, 6.45) is -1.52. The van der Waals surface area contributed by atoms with Crippen LogP contribution in [0.15, 0.2) is 0 Å². The SMILES string of the molecule is CCCC(CC)O[C@H]1OC[C@@H](O)[C@H](O)[C@H]1O. The maximum absolute atomic E-state index is 9.66. The fraction of sp³-hybridized carbons (Fsp3) is 1.00. The molecule has 5 nitrogen and oxygen atoms in total. The second-order valence-corrected chi connectivity index (χ2v) is 4.21. The van der Waals surface area contributed by atoms with Crippen molar-refractivity contribution in [2.24, 2.45) is 0 Å². The zero-order chi connectivity index (χ0) is 12.1. The number of aliphatic hydroxyl groups excluding tert-OH is 3. The summed E-state index contributed by atoms with van der Waals surface area (Å²) >= 11 is 0. The highest BCUT2D eigenvalue weighted by molar-refractivity contribution is 4.83. The first-order valence-corrected chi connectivity index (χ1v) is 5.91. The largest absolute Gasteiger partial charge is 0.388 e. The minimum absolute atomic E-state index is 0.00848. The summed E-state index contributed by atoms with van der Waals surface area (Å²) in [5.74, 6) is 0. The molecule has 1 aliphatic heterocycles. The molecule has 1 saturated heterocycles. The van der Waals surface area contributed by atoms with Crippen molar-refractivity contribution in [3.05, 3.63) is 0 Å². The Morgan fingerprint density at radius 1 is 1.25 bits per heavy atom. The summed E-state index contributed by atoms with van der Waals surface area (Å²) < 4.78 is 10.7. The Hall–Kier alpha value is -0.200. The van der Waals surface area contributed by atoms with E-state index in [0.717, 1.165) is 19.3 Å². The Balaban J connectivity index is 2.47. The standard InChI is InChI=1S/C11H22O5/c1-3-5-7(4-2)16-11-10(14)9(13)8(12)6-15-11/h7-14H,3-6H2,1-2H3/t7?,8-,9+,10-,11-/m1/s1. The molecule has 0 amide bonds. The minimum Gasteiger partial charge on any atom is -0.388 e. The average Bonchev–Trinajstić information content (AvgIpc) is 2.29. The van der Waals surface area contributed by atoms with Gasteiger partial charge < -0.3 is 24.8 Å². The molecule has 1 unspecified atom stereocenters. The van der Waals surface area contributed by atoms with Crippen LogP contribution in [0.1, 0.15) is 33.1 Å². The molecule has 0 saturated carbocycles. The fourth-order valence-corrected chi connectivity index (χ4v) is 1.78. The Kier molecular flexibility index (Phi) is 5.64. The monoisotopic (exact) mass is 234 g/mol. The molecule has 1 fully saturated rings. The third-order valence-electron chi connectivity index (χ3n) is 2.85. The third kappa shape index (κ3) is 3.40. The van der Waals surface area contributed by atoms with Gasteiger partial charge in [0.05, 0.1) is 12.7 Å². The molecule has 5 heteroatoms. The summed E-state index contributed by atoms with van der Waals surface area (Å²) in [5.41, 5.74) is 0. The van der Waals surface area contributed by atoms with Crippen molar-refractivity contribution in [1.82, 2.24) is 0 Å². The number of hydrogen-bond acceptors (Lipinski definition) is 5. The van der Waals surface area contributed by atoms with E-state index in [2.05, 4.69) is 6.92 Å². The van der Waals surface area contributed by atoms with Crippen molar-refractivity contribution in [3.8, 4) is 0 Å². The third-order valence-corrected chi connectivity index (χ3v) is 2.85. The topological polar surface area (TPSA) is 79.2 Å². The summed E-state index contributed by atoms with van der Waals surface area (Å²) in [5, 5.41) is 28.4. The van der Waals surface area contributed by atoms with E-state index < -0.39 is 24.6 Å². The molecule has 96 valence electrons. The van der Waals surface area contributed by atoms with E-state index >= 15 is 0 Å². The molecule has 1 aliphatic rings. The lowest BCUT2D eigenvalue weighted by molar-refractivity contribution is -0.283. The first-order valence-electron chi connectivity index (χ1n) is 5.91. The van der Waals surface area contributed by atoms with Crippen molar-refractivity contribution in [2.75, 3.05) is 6.61 Å². The smallest absolute Gasteiger partial charge is 0.186 e. The summed E-state index contributed by atoms with van der Waals surface area (Å²) in [7, 11) is 0. The number of rotatable bonds is 5. The lowest BCUT2D eigenvalue weighted by atomic mass is 10.1. The molecule has 16 heavy (non-hydrogen) atoms. The molecule has 0 aromatic carbocycles. The van der Waals surface area contributed by atoms with Crippen molar-refractivity contribution in [3.63, 3.8) is 0 Å². The summed E-state index contributed by atoms with van der Waals surface area (Å²) in [4.78, 5) is 0. The molecule has 1 rings (SSSR count). The average molecular weight is 234 g/mol. The molecule has 0 bridgehead atoms. The molecule has 5 atom stereocenters.